The van der Waals surface area contributed by atoms with E-state index in [0.717, 1.165) is 44.9 Å². The lowest BCUT2D eigenvalue weighted by Gasteiger charge is -2.72. The molecule has 0 saturated heterocycles. The maximum atomic E-state index is 14.5. The Morgan fingerprint density at radius 3 is 2.17 bits per heavy atom. The molecule has 6 aliphatic rings. The van der Waals surface area contributed by atoms with E-state index in [1.807, 2.05) is 0 Å². The van der Waals surface area contributed by atoms with E-state index in [1.165, 1.54) is 0 Å². The van der Waals surface area contributed by atoms with Crippen LogP contribution in [-0.4, -0.2) is 23.3 Å². The van der Waals surface area contributed by atoms with Gasteiger partial charge in [-0.3, -0.25) is 9.59 Å². The van der Waals surface area contributed by atoms with Crippen molar-refractivity contribution in [2.75, 3.05) is 6.61 Å². The van der Waals surface area contributed by atoms with Crippen molar-refractivity contribution in [3.05, 3.63) is 0 Å². The standard InChI is InChI=1S/C32H47NO3/c1-26(2)10-12-31(18-34)13-11-29(6)24(19(31)15-26)20(35)14-22-28(29,5)9-8-21-27(3,4)25(36)32(17-33)16-23(32)30(21,22)7/h19,21-24,34H,8-16,18H2,1-7H3/t19?,21-,22?,23+,24?,28+,29+,30-,31+,32-/m0/s1. The molecule has 6 saturated carbocycles. The molecule has 0 bridgehead atoms. The summed E-state index contributed by atoms with van der Waals surface area (Å²) in [6.07, 6.45) is 8.55. The Morgan fingerprint density at radius 1 is 0.861 bits per heavy atom. The van der Waals surface area contributed by atoms with Crippen molar-refractivity contribution in [3.63, 3.8) is 0 Å². The van der Waals surface area contributed by atoms with E-state index in [0.29, 0.717) is 18.6 Å². The van der Waals surface area contributed by atoms with E-state index >= 15 is 0 Å². The summed E-state index contributed by atoms with van der Waals surface area (Å²) in [7, 11) is 0. The lowest BCUT2D eigenvalue weighted by Crippen LogP contribution is -2.70. The minimum atomic E-state index is -0.834. The first-order chi connectivity index (χ1) is 16.6. The molecule has 1 N–H and O–H groups in total. The minimum absolute atomic E-state index is 0.000283. The quantitative estimate of drug-likeness (QED) is 0.461. The Kier molecular flexibility index (Phi) is 4.78. The second kappa shape index (κ2) is 6.86. The average molecular weight is 494 g/mol. The molecule has 4 heteroatoms. The molecule has 6 fully saturated rings. The van der Waals surface area contributed by atoms with Crippen LogP contribution in [0.15, 0.2) is 0 Å². The molecule has 6 rings (SSSR count). The fourth-order valence-corrected chi connectivity index (χ4v) is 12.2. The van der Waals surface area contributed by atoms with Crippen LogP contribution < -0.4 is 0 Å². The smallest absolute Gasteiger partial charge is 0.159 e. The summed E-state index contributed by atoms with van der Waals surface area (Å²) in [5.41, 5.74) is -1.52. The predicted molar refractivity (Wildman–Crippen MR) is 138 cm³/mol. The minimum Gasteiger partial charge on any atom is -0.396 e. The van der Waals surface area contributed by atoms with Gasteiger partial charge in [0.15, 0.2) is 5.78 Å². The van der Waals surface area contributed by atoms with E-state index in [9.17, 15) is 20.0 Å². The van der Waals surface area contributed by atoms with E-state index in [2.05, 4.69) is 54.5 Å². The van der Waals surface area contributed by atoms with Gasteiger partial charge >= 0.3 is 0 Å². The van der Waals surface area contributed by atoms with Gasteiger partial charge in [0.1, 0.15) is 11.2 Å². The van der Waals surface area contributed by atoms with Gasteiger partial charge in [-0.2, -0.15) is 5.26 Å². The molecule has 0 radical (unpaired) electrons. The molecule has 6 aliphatic carbocycles. The highest BCUT2D eigenvalue weighted by atomic mass is 16.3. The first kappa shape index (κ1) is 25.1. The van der Waals surface area contributed by atoms with E-state index < -0.39 is 10.8 Å². The number of hydrogen-bond donors (Lipinski definition) is 1. The van der Waals surface area contributed by atoms with Crippen LogP contribution in [0.2, 0.25) is 0 Å². The zero-order chi connectivity index (χ0) is 26.3. The number of rotatable bonds is 1. The van der Waals surface area contributed by atoms with Crippen molar-refractivity contribution >= 4 is 11.6 Å². The third-order valence-electron chi connectivity index (χ3n) is 14.5. The Balaban J connectivity index is 1.46. The van der Waals surface area contributed by atoms with Crippen LogP contribution in [0, 0.1) is 78.8 Å². The average Bonchev–Trinajstić information content (AvgIpc) is 3.56. The lowest BCUT2D eigenvalue weighted by atomic mass is 9.31. The Bertz CT molecular complexity index is 1090. The SMILES string of the molecule is CC1(C)CC[C@]2(CO)CC[C@]3(C)C(C(=O)CC4[C@@]5(C)[C@H]6C[C@@]6(C#N)C(=O)C(C)(C)[C@@H]5CC[C@]43C)C2C1. The molecule has 4 nitrogen and oxygen atoms in total. The number of aliphatic hydroxyl groups is 1. The lowest BCUT2D eigenvalue weighted by molar-refractivity contribution is -0.241. The third-order valence-corrected chi connectivity index (χ3v) is 14.5. The molecule has 0 aromatic carbocycles. The van der Waals surface area contributed by atoms with Crippen LogP contribution in [0.5, 0.6) is 0 Å². The largest absolute Gasteiger partial charge is 0.396 e. The molecule has 0 amide bonds. The Labute approximate surface area is 218 Å². The highest BCUT2D eigenvalue weighted by Gasteiger charge is 2.81. The van der Waals surface area contributed by atoms with Gasteiger partial charge in [-0.05, 0) is 102 Å². The van der Waals surface area contributed by atoms with Crippen LogP contribution in [-0.2, 0) is 9.59 Å². The maximum absolute atomic E-state index is 14.5. The first-order valence-corrected chi connectivity index (χ1v) is 14.7. The molecule has 3 unspecified atom stereocenters. The van der Waals surface area contributed by atoms with Gasteiger partial charge in [0, 0.05) is 24.4 Å². The number of aliphatic hydroxyl groups excluding tert-OH is 1. The highest BCUT2D eigenvalue weighted by molar-refractivity contribution is 5.97. The summed E-state index contributed by atoms with van der Waals surface area (Å²) in [6.45, 7) is 16.4. The van der Waals surface area contributed by atoms with Crippen LogP contribution >= 0.6 is 0 Å². The number of carbonyl (C=O) groups excluding carboxylic acids is 2. The number of carbonyl (C=O) groups is 2. The van der Waals surface area contributed by atoms with Crippen LogP contribution in [0.25, 0.3) is 0 Å². The van der Waals surface area contributed by atoms with Crippen molar-refractivity contribution in [2.24, 2.45) is 67.5 Å². The van der Waals surface area contributed by atoms with Crippen molar-refractivity contribution in [1.82, 2.24) is 0 Å². The van der Waals surface area contributed by atoms with Gasteiger partial charge in [0.25, 0.3) is 0 Å². The van der Waals surface area contributed by atoms with Crippen molar-refractivity contribution < 1.29 is 14.7 Å². The number of nitrogens with zero attached hydrogens (tertiary/aromatic N) is 1. The summed E-state index contributed by atoms with van der Waals surface area (Å²) < 4.78 is 0. The van der Waals surface area contributed by atoms with Gasteiger partial charge in [-0.15, -0.1) is 0 Å². The topological polar surface area (TPSA) is 78.2 Å². The van der Waals surface area contributed by atoms with E-state index in [4.69, 9.17) is 0 Å². The molecule has 10 atom stereocenters. The van der Waals surface area contributed by atoms with E-state index in [1.54, 1.807) is 0 Å². The summed E-state index contributed by atoms with van der Waals surface area (Å²) in [6, 6.07) is 2.50. The maximum Gasteiger partial charge on any atom is 0.159 e. The molecular formula is C32H47NO3. The van der Waals surface area contributed by atoms with Gasteiger partial charge in [-0.25, -0.2) is 0 Å². The van der Waals surface area contributed by atoms with Crippen LogP contribution in [0.3, 0.4) is 0 Å². The van der Waals surface area contributed by atoms with Crippen molar-refractivity contribution in [2.45, 2.75) is 106 Å². The molecule has 0 spiro atoms. The summed E-state index contributed by atoms with van der Waals surface area (Å²) in [5.74, 6) is 1.37. The van der Waals surface area contributed by atoms with Gasteiger partial charge in [-0.1, -0.05) is 48.5 Å². The number of Topliss-reactive ketones (excluding diaryl/α,β-unsaturated/α-hetero) is 2. The number of ketones is 2. The van der Waals surface area contributed by atoms with Gasteiger partial charge < -0.3 is 5.11 Å². The summed E-state index contributed by atoms with van der Waals surface area (Å²) in [4.78, 5) is 28.1. The fraction of sp³-hybridized carbons (Fsp3) is 0.906. The summed E-state index contributed by atoms with van der Waals surface area (Å²) >= 11 is 0. The highest BCUT2D eigenvalue weighted by Crippen LogP contribution is 2.82. The number of hydrogen-bond acceptors (Lipinski definition) is 4. The zero-order valence-corrected chi connectivity index (χ0v) is 23.7. The second-order valence-corrected chi connectivity index (χ2v) is 16.4. The van der Waals surface area contributed by atoms with E-state index in [-0.39, 0.29) is 69.1 Å². The molecule has 198 valence electrons. The Morgan fingerprint density at radius 2 is 1.53 bits per heavy atom. The molecule has 0 aliphatic heterocycles. The third kappa shape index (κ3) is 2.56. The van der Waals surface area contributed by atoms with Crippen LogP contribution in [0.4, 0.5) is 0 Å². The molecule has 0 heterocycles. The monoisotopic (exact) mass is 493 g/mol. The zero-order valence-electron chi connectivity index (χ0n) is 23.7. The Hall–Kier alpha value is -1.21. The molecular weight excluding hydrogens is 446 g/mol. The first-order valence-electron chi connectivity index (χ1n) is 14.7. The number of nitriles is 1. The van der Waals surface area contributed by atoms with Crippen molar-refractivity contribution in [3.8, 4) is 6.07 Å². The molecule has 0 aromatic heterocycles. The molecule has 0 aromatic rings. The fourth-order valence-electron chi connectivity index (χ4n) is 12.2. The predicted octanol–water partition coefficient (Wildman–Crippen LogP) is 6.36. The summed E-state index contributed by atoms with van der Waals surface area (Å²) in [5, 5.41) is 20.9. The molecule has 36 heavy (non-hydrogen) atoms. The van der Waals surface area contributed by atoms with Crippen molar-refractivity contribution in [1.29, 1.82) is 5.26 Å². The van der Waals surface area contributed by atoms with Crippen LogP contribution in [0.1, 0.15) is 106 Å². The normalized spacial score (nSPS) is 56.2. The number of fused-ring (bicyclic) bond motifs is 9. The van der Waals surface area contributed by atoms with Gasteiger partial charge in [0.2, 0.25) is 0 Å². The second-order valence-electron chi connectivity index (χ2n) is 16.4. The van der Waals surface area contributed by atoms with Gasteiger partial charge in [0.05, 0.1) is 6.07 Å².